The number of anilines is 1. The topological polar surface area (TPSA) is 70.8 Å². The van der Waals surface area contributed by atoms with Crippen molar-refractivity contribution in [3.63, 3.8) is 0 Å². The monoisotopic (exact) mass is 413 g/mol. The Bertz CT molecular complexity index is 1050. The summed E-state index contributed by atoms with van der Waals surface area (Å²) in [5.74, 6) is 7.27. The Morgan fingerprint density at radius 2 is 1.75 bits per heavy atom. The van der Waals surface area contributed by atoms with Crippen molar-refractivity contribution >= 4 is 33.5 Å². The molecule has 28 heavy (non-hydrogen) atoms. The van der Waals surface area contributed by atoms with Gasteiger partial charge in [-0.1, -0.05) is 6.07 Å². The largest absolute Gasteiger partial charge is 0.493 e. The van der Waals surface area contributed by atoms with Gasteiger partial charge in [-0.25, -0.2) is 0 Å². The first kappa shape index (κ1) is 19.8. The molecule has 1 aromatic carbocycles. The van der Waals surface area contributed by atoms with Crippen LogP contribution in [0.2, 0.25) is 0 Å². The van der Waals surface area contributed by atoms with Gasteiger partial charge in [-0.2, -0.15) is 0 Å². The van der Waals surface area contributed by atoms with Gasteiger partial charge in [0.25, 0.3) is 0 Å². The van der Waals surface area contributed by atoms with Crippen molar-refractivity contribution in [3.8, 4) is 29.1 Å². The Labute approximate surface area is 171 Å². The second-order valence-electron chi connectivity index (χ2n) is 5.77. The lowest BCUT2D eigenvalue weighted by Crippen LogP contribution is -2.06. The van der Waals surface area contributed by atoms with Gasteiger partial charge in [-0.15, -0.1) is 22.7 Å². The zero-order valence-corrected chi connectivity index (χ0v) is 17.5. The number of hydrogen-bond acceptors (Lipinski definition) is 7. The number of ether oxygens (including phenoxy) is 3. The van der Waals surface area contributed by atoms with Crippen LogP contribution in [0.4, 0.5) is 5.00 Å². The number of benzene rings is 1. The molecule has 3 rings (SSSR count). The molecule has 0 saturated carbocycles. The van der Waals surface area contributed by atoms with Crippen molar-refractivity contribution in [1.29, 1.82) is 0 Å². The first-order valence-corrected chi connectivity index (χ1v) is 9.98. The van der Waals surface area contributed by atoms with E-state index in [0.29, 0.717) is 33.4 Å². The third kappa shape index (κ3) is 3.70. The zero-order chi connectivity index (χ0) is 20.3. The third-order valence-corrected chi connectivity index (χ3v) is 5.97. The van der Waals surface area contributed by atoms with Crippen LogP contribution in [0.15, 0.2) is 29.6 Å². The Balaban J connectivity index is 2.04. The van der Waals surface area contributed by atoms with Gasteiger partial charge in [0.15, 0.2) is 17.3 Å². The third-order valence-electron chi connectivity index (χ3n) is 4.15. The van der Waals surface area contributed by atoms with Crippen molar-refractivity contribution < 1.29 is 19.0 Å². The average molecular weight is 414 g/mol. The van der Waals surface area contributed by atoms with Crippen molar-refractivity contribution in [2.75, 3.05) is 27.1 Å². The molecule has 0 amide bonds. The van der Waals surface area contributed by atoms with Gasteiger partial charge in [-0.3, -0.25) is 4.79 Å². The number of nitrogens with two attached hydrogens (primary N) is 1. The minimum atomic E-state index is -0.213. The maximum Gasteiger partial charge on any atom is 0.203 e. The van der Waals surface area contributed by atoms with Gasteiger partial charge in [0.05, 0.1) is 41.6 Å². The molecule has 0 spiro atoms. The fourth-order valence-corrected chi connectivity index (χ4v) is 4.26. The summed E-state index contributed by atoms with van der Waals surface area (Å²) in [6.07, 6.45) is 0. The Kier molecular flexibility index (Phi) is 5.93. The first-order valence-electron chi connectivity index (χ1n) is 8.29. The van der Waals surface area contributed by atoms with Gasteiger partial charge < -0.3 is 19.9 Å². The van der Waals surface area contributed by atoms with Gasteiger partial charge in [-0.05, 0) is 47.9 Å². The summed E-state index contributed by atoms with van der Waals surface area (Å²) in [5.41, 5.74) is 7.80. The van der Waals surface area contributed by atoms with Gasteiger partial charge in [0.2, 0.25) is 5.75 Å². The van der Waals surface area contributed by atoms with E-state index < -0.39 is 0 Å². The maximum atomic E-state index is 13.2. The van der Waals surface area contributed by atoms with Gasteiger partial charge in [0, 0.05) is 5.56 Å². The number of carbonyl (C=O) groups is 1. The molecular formula is C21H19NO4S2. The molecule has 0 atom stereocenters. The average Bonchev–Trinajstić information content (AvgIpc) is 3.32. The molecule has 0 unspecified atom stereocenters. The lowest BCUT2D eigenvalue weighted by atomic mass is 10.00. The van der Waals surface area contributed by atoms with E-state index in [2.05, 4.69) is 11.8 Å². The summed E-state index contributed by atoms with van der Waals surface area (Å²) in [7, 11) is 4.53. The second kappa shape index (κ2) is 8.38. The molecular weight excluding hydrogens is 394 g/mol. The van der Waals surface area contributed by atoms with Gasteiger partial charge >= 0.3 is 0 Å². The highest BCUT2D eigenvalue weighted by Crippen LogP contribution is 2.40. The number of ketones is 1. The van der Waals surface area contributed by atoms with E-state index in [1.807, 2.05) is 24.4 Å². The lowest BCUT2D eigenvalue weighted by Gasteiger charge is -2.13. The summed E-state index contributed by atoms with van der Waals surface area (Å²) in [4.78, 5) is 14.9. The molecule has 0 fully saturated rings. The summed E-state index contributed by atoms with van der Waals surface area (Å²) >= 11 is 2.88. The molecule has 2 heterocycles. The molecule has 7 heteroatoms. The standard InChI is InChI=1S/C21H19NO4S2/c1-12-17(8-7-14-6-5-9-27-14)28-21(22)18(12)19(23)13-10-15(24-2)20(26-4)16(11-13)25-3/h5-6,9-11H,22H2,1-4H3. The smallest absolute Gasteiger partial charge is 0.203 e. The number of rotatable bonds is 5. The lowest BCUT2D eigenvalue weighted by molar-refractivity contribution is 0.103. The molecule has 0 radical (unpaired) electrons. The van der Waals surface area contributed by atoms with Crippen LogP contribution < -0.4 is 19.9 Å². The number of nitrogen functional groups attached to an aromatic ring is 1. The van der Waals surface area contributed by atoms with Crippen LogP contribution in [0.5, 0.6) is 17.2 Å². The number of thiophene rings is 2. The van der Waals surface area contributed by atoms with E-state index in [1.54, 1.807) is 23.5 Å². The van der Waals surface area contributed by atoms with Crippen LogP contribution in [-0.4, -0.2) is 27.1 Å². The molecule has 144 valence electrons. The summed E-state index contributed by atoms with van der Waals surface area (Å²) in [6.45, 7) is 1.86. The molecule has 0 saturated heterocycles. The highest BCUT2D eigenvalue weighted by molar-refractivity contribution is 7.17. The van der Waals surface area contributed by atoms with Crippen LogP contribution in [0.3, 0.4) is 0 Å². The van der Waals surface area contributed by atoms with E-state index >= 15 is 0 Å². The Morgan fingerprint density at radius 3 is 2.29 bits per heavy atom. The normalized spacial score (nSPS) is 10.1. The molecule has 0 aliphatic rings. The van der Waals surface area contributed by atoms with Crippen LogP contribution in [0.25, 0.3) is 0 Å². The van der Waals surface area contributed by atoms with Crippen molar-refractivity contribution in [3.05, 3.63) is 56.1 Å². The van der Waals surface area contributed by atoms with Crippen LogP contribution in [0, 0.1) is 18.8 Å². The van der Waals surface area contributed by atoms with Crippen LogP contribution in [0.1, 0.15) is 31.2 Å². The summed E-state index contributed by atoms with van der Waals surface area (Å²) < 4.78 is 16.0. The second-order valence-corrected chi connectivity index (χ2v) is 7.77. The highest BCUT2D eigenvalue weighted by Gasteiger charge is 2.23. The number of carbonyl (C=O) groups excluding carboxylic acids is 1. The highest BCUT2D eigenvalue weighted by atomic mass is 32.1. The summed E-state index contributed by atoms with van der Waals surface area (Å²) in [6, 6.07) is 7.14. The minimum absolute atomic E-state index is 0.213. The zero-order valence-electron chi connectivity index (χ0n) is 15.9. The molecule has 3 aromatic rings. The fraction of sp³-hybridized carbons (Fsp3) is 0.190. The molecule has 0 bridgehead atoms. The van der Waals surface area contributed by atoms with E-state index in [1.165, 1.54) is 32.7 Å². The molecule has 5 nitrogen and oxygen atoms in total. The number of methoxy groups -OCH3 is 3. The van der Waals surface area contributed by atoms with Crippen molar-refractivity contribution in [2.45, 2.75) is 6.92 Å². The van der Waals surface area contributed by atoms with E-state index in [9.17, 15) is 4.79 Å². The molecule has 2 aromatic heterocycles. The van der Waals surface area contributed by atoms with E-state index in [4.69, 9.17) is 19.9 Å². The maximum absolute atomic E-state index is 13.2. The van der Waals surface area contributed by atoms with Crippen molar-refractivity contribution in [2.24, 2.45) is 0 Å². The molecule has 0 aliphatic heterocycles. The van der Waals surface area contributed by atoms with Gasteiger partial charge in [0.1, 0.15) is 0 Å². The summed E-state index contributed by atoms with van der Waals surface area (Å²) in [5, 5.41) is 2.41. The predicted octanol–water partition coefficient (Wildman–Crippen LogP) is 4.36. The fourth-order valence-electron chi connectivity index (χ4n) is 2.76. The SMILES string of the molecule is COc1cc(C(=O)c2c(N)sc(C#Cc3cccs3)c2C)cc(OC)c1OC. The van der Waals surface area contributed by atoms with Crippen LogP contribution >= 0.6 is 22.7 Å². The molecule has 2 N–H and O–H groups in total. The van der Waals surface area contributed by atoms with Crippen molar-refractivity contribution in [1.82, 2.24) is 0 Å². The minimum Gasteiger partial charge on any atom is -0.493 e. The Morgan fingerprint density at radius 1 is 1.07 bits per heavy atom. The quantitative estimate of drug-likeness (QED) is 0.497. The first-order chi connectivity index (χ1) is 13.5. The Hall–Kier alpha value is -2.95. The predicted molar refractivity (Wildman–Crippen MR) is 113 cm³/mol. The number of hydrogen-bond donors (Lipinski definition) is 1. The van der Waals surface area contributed by atoms with E-state index in [-0.39, 0.29) is 5.78 Å². The van der Waals surface area contributed by atoms with Crippen LogP contribution in [-0.2, 0) is 0 Å². The van der Waals surface area contributed by atoms with E-state index in [0.717, 1.165) is 15.3 Å². The molecule has 0 aliphatic carbocycles.